The molecule has 1 atom stereocenters. The van der Waals surface area contributed by atoms with E-state index >= 15 is 0 Å². The van der Waals surface area contributed by atoms with Crippen LogP contribution in [0.3, 0.4) is 0 Å². The van der Waals surface area contributed by atoms with Gasteiger partial charge in [-0.25, -0.2) is 0 Å². The summed E-state index contributed by atoms with van der Waals surface area (Å²) in [6.07, 6.45) is 5.08. The largest absolute Gasteiger partial charge is 0.468 e. The van der Waals surface area contributed by atoms with Gasteiger partial charge in [-0.2, -0.15) is 0 Å². The minimum Gasteiger partial charge on any atom is -0.468 e. The Bertz CT molecular complexity index is 194. The third-order valence-corrected chi connectivity index (χ3v) is 1.30. The van der Waals surface area contributed by atoms with Gasteiger partial charge in [0.25, 0.3) is 0 Å². The van der Waals surface area contributed by atoms with Crippen LogP contribution in [0.15, 0.2) is 24.0 Å². The summed E-state index contributed by atoms with van der Waals surface area (Å²) in [5.41, 5.74) is 0.523. The van der Waals surface area contributed by atoms with Gasteiger partial charge in [0.05, 0.1) is 11.8 Å². The van der Waals surface area contributed by atoms with Crippen molar-refractivity contribution in [2.75, 3.05) is 6.61 Å². The highest BCUT2D eigenvalue weighted by Gasteiger charge is 2.14. The predicted molar refractivity (Wildman–Crippen MR) is 39.8 cm³/mol. The molecule has 0 fully saturated rings. The van der Waals surface area contributed by atoms with E-state index in [4.69, 9.17) is 9.47 Å². The molecule has 1 heterocycles. The summed E-state index contributed by atoms with van der Waals surface area (Å²) in [4.78, 5) is 10.4. The fourth-order valence-corrected chi connectivity index (χ4v) is 0.806. The Hall–Kier alpha value is -1.09. The van der Waals surface area contributed by atoms with E-state index in [1.807, 2.05) is 6.92 Å². The average Bonchev–Trinajstić information content (AvgIpc) is 2.06. The third-order valence-electron chi connectivity index (χ3n) is 1.30. The summed E-state index contributed by atoms with van der Waals surface area (Å²) < 4.78 is 10.1. The standard InChI is InChI=1S/C8H10O3/c1-2-10-8-7(6-9)4-3-5-11-8/h3-6,8H,2H2,1H3. The highest BCUT2D eigenvalue weighted by Crippen LogP contribution is 2.11. The Labute approximate surface area is 65.3 Å². The number of aldehydes is 1. The molecule has 1 rings (SSSR count). The molecule has 11 heavy (non-hydrogen) atoms. The summed E-state index contributed by atoms with van der Waals surface area (Å²) in [5.74, 6) is 0. The van der Waals surface area contributed by atoms with Gasteiger partial charge in [0.15, 0.2) is 6.29 Å². The number of carbonyl (C=O) groups excluding carboxylic acids is 1. The van der Waals surface area contributed by atoms with Crippen molar-refractivity contribution >= 4 is 6.29 Å². The van der Waals surface area contributed by atoms with Gasteiger partial charge >= 0.3 is 0 Å². The second-order valence-electron chi connectivity index (χ2n) is 2.04. The van der Waals surface area contributed by atoms with Crippen LogP contribution in [-0.2, 0) is 14.3 Å². The Balaban J connectivity index is 2.59. The van der Waals surface area contributed by atoms with Gasteiger partial charge in [0.2, 0.25) is 6.29 Å². The minimum absolute atomic E-state index is 0.512. The molecule has 60 valence electrons. The number of carbonyl (C=O) groups is 1. The zero-order chi connectivity index (χ0) is 8.10. The average molecular weight is 154 g/mol. The highest BCUT2D eigenvalue weighted by molar-refractivity contribution is 5.75. The van der Waals surface area contributed by atoms with Crippen molar-refractivity contribution < 1.29 is 14.3 Å². The van der Waals surface area contributed by atoms with Gasteiger partial charge in [-0.3, -0.25) is 4.79 Å². The molecular weight excluding hydrogens is 144 g/mol. The maximum absolute atomic E-state index is 10.4. The Morgan fingerprint density at radius 2 is 2.64 bits per heavy atom. The van der Waals surface area contributed by atoms with E-state index < -0.39 is 6.29 Å². The van der Waals surface area contributed by atoms with Crippen LogP contribution in [0.2, 0.25) is 0 Å². The van der Waals surface area contributed by atoms with Gasteiger partial charge in [-0.05, 0) is 19.1 Å². The van der Waals surface area contributed by atoms with E-state index in [2.05, 4.69) is 0 Å². The van der Waals surface area contributed by atoms with E-state index in [9.17, 15) is 4.79 Å². The molecule has 1 aliphatic heterocycles. The van der Waals surface area contributed by atoms with Crippen molar-refractivity contribution in [2.24, 2.45) is 0 Å². The van der Waals surface area contributed by atoms with Crippen LogP contribution in [0.25, 0.3) is 0 Å². The van der Waals surface area contributed by atoms with Crippen molar-refractivity contribution in [3.05, 3.63) is 24.0 Å². The molecule has 1 unspecified atom stereocenters. The first-order valence-electron chi connectivity index (χ1n) is 3.47. The highest BCUT2D eigenvalue weighted by atomic mass is 16.7. The number of allylic oxidation sites excluding steroid dienone is 2. The van der Waals surface area contributed by atoms with E-state index in [-0.39, 0.29) is 0 Å². The first-order chi connectivity index (χ1) is 5.38. The lowest BCUT2D eigenvalue weighted by Gasteiger charge is -2.17. The number of hydrogen-bond acceptors (Lipinski definition) is 3. The van der Waals surface area contributed by atoms with E-state index in [0.717, 1.165) is 6.29 Å². The number of ether oxygens (including phenoxy) is 2. The second-order valence-corrected chi connectivity index (χ2v) is 2.04. The molecule has 0 radical (unpaired) electrons. The van der Waals surface area contributed by atoms with Crippen LogP contribution >= 0.6 is 0 Å². The van der Waals surface area contributed by atoms with Crippen LogP contribution in [0, 0.1) is 0 Å². The molecule has 3 nitrogen and oxygen atoms in total. The summed E-state index contributed by atoms with van der Waals surface area (Å²) in [7, 11) is 0. The normalized spacial score (nSPS) is 22.3. The van der Waals surface area contributed by atoms with Gasteiger partial charge in [-0.1, -0.05) is 0 Å². The summed E-state index contributed by atoms with van der Waals surface area (Å²) in [5, 5.41) is 0. The van der Waals surface area contributed by atoms with Crippen molar-refractivity contribution in [1.82, 2.24) is 0 Å². The zero-order valence-corrected chi connectivity index (χ0v) is 6.32. The molecule has 0 spiro atoms. The lowest BCUT2D eigenvalue weighted by atomic mass is 10.2. The van der Waals surface area contributed by atoms with Gasteiger partial charge in [-0.15, -0.1) is 0 Å². The number of hydrogen-bond donors (Lipinski definition) is 0. The van der Waals surface area contributed by atoms with Gasteiger partial charge in [0, 0.05) is 6.61 Å². The predicted octanol–water partition coefficient (Wildman–Crippen LogP) is 1.02. The molecule has 0 N–H and O–H groups in total. The van der Waals surface area contributed by atoms with Crippen LogP contribution in [-0.4, -0.2) is 19.2 Å². The van der Waals surface area contributed by atoms with E-state index in [1.165, 1.54) is 6.26 Å². The molecule has 0 aromatic heterocycles. The number of rotatable bonds is 3. The van der Waals surface area contributed by atoms with Crippen LogP contribution in [0.5, 0.6) is 0 Å². The third kappa shape index (κ3) is 1.91. The Morgan fingerprint density at radius 1 is 1.82 bits per heavy atom. The van der Waals surface area contributed by atoms with E-state index in [1.54, 1.807) is 12.2 Å². The molecular formula is C8H10O3. The lowest BCUT2D eigenvalue weighted by molar-refractivity contribution is -0.113. The zero-order valence-electron chi connectivity index (χ0n) is 6.32. The molecule has 3 heteroatoms. The van der Waals surface area contributed by atoms with Crippen LogP contribution in [0.1, 0.15) is 6.92 Å². The molecule has 1 aliphatic rings. The van der Waals surface area contributed by atoms with Crippen LogP contribution in [0.4, 0.5) is 0 Å². The monoisotopic (exact) mass is 154 g/mol. The van der Waals surface area contributed by atoms with E-state index in [0.29, 0.717) is 12.2 Å². The lowest BCUT2D eigenvalue weighted by Crippen LogP contribution is -2.20. The molecule has 0 bridgehead atoms. The summed E-state index contributed by atoms with van der Waals surface area (Å²) in [6.45, 7) is 2.38. The van der Waals surface area contributed by atoms with Crippen LogP contribution < -0.4 is 0 Å². The first kappa shape index (κ1) is 8.01. The van der Waals surface area contributed by atoms with Crippen molar-refractivity contribution in [1.29, 1.82) is 0 Å². The molecule has 0 aromatic carbocycles. The Morgan fingerprint density at radius 3 is 3.27 bits per heavy atom. The minimum atomic E-state index is -0.512. The summed E-state index contributed by atoms with van der Waals surface area (Å²) in [6, 6.07) is 0. The molecule has 0 aliphatic carbocycles. The maximum Gasteiger partial charge on any atom is 0.228 e. The molecule has 0 saturated carbocycles. The molecule has 0 amide bonds. The summed E-state index contributed by atoms with van der Waals surface area (Å²) >= 11 is 0. The topological polar surface area (TPSA) is 35.5 Å². The fraction of sp³-hybridized carbons (Fsp3) is 0.375. The smallest absolute Gasteiger partial charge is 0.228 e. The SMILES string of the molecule is CCOC1OC=CC=C1C=O. The second kappa shape index (κ2) is 3.93. The quantitative estimate of drug-likeness (QED) is 0.569. The molecule has 0 saturated heterocycles. The maximum atomic E-state index is 10.4. The van der Waals surface area contributed by atoms with Gasteiger partial charge in [0.1, 0.15) is 0 Å². The first-order valence-corrected chi connectivity index (χ1v) is 3.47. The van der Waals surface area contributed by atoms with Gasteiger partial charge < -0.3 is 9.47 Å². The van der Waals surface area contributed by atoms with Crippen molar-refractivity contribution in [3.8, 4) is 0 Å². The Kier molecular flexibility index (Phi) is 2.86. The van der Waals surface area contributed by atoms with Crippen molar-refractivity contribution in [3.63, 3.8) is 0 Å². The molecule has 0 aromatic rings. The fourth-order valence-electron chi connectivity index (χ4n) is 0.806. The van der Waals surface area contributed by atoms with Crippen molar-refractivity contribution in [2.45, 2.75) is 13.2 Å².